The molecule has 6 heteroatoms. The lowest BCUT2D eigenvalue weighted by atomic mass is 10.1. The maximum atomic E-state index is 14.1. The highest BCUT2D eigenvalue weighted by molar-refractivity contribution is 6.35. The Kier molecular flexibility index (Phi) is 4.46. The summed E-state index contributed by atoms with van der Waals surface area (Å²) in [6.45, 7) is 0. The predicted molar refractivity (Wildman–Crippen MR) is 105 cm³/mol. The van der Waals surface area contributed by atoms with Gasteiger partial charge in [0.15, 0.2) is 11.6 Å². The summed E-state index contributed by atoms with van der Waals surface area (Å²) in [5, 5.41) is 4.90. The Labute approximate surface area is 160 Å². The maximum Gasteiger partial charge on any atom is 0.184 e. The fraction of sp³-hybridized carbons (Fsp3) is 0.0952. The van der Waals surface area contributed by atoms with Crippen LogP contribution in [0.2, 0.25) is 5.02 Å². The molecule has 0 spiro atoms. The van der Waals surface area contributed by atoms with Gasteiger partial charge in [-0.15, -0.1) is 0 Å². The number of methoxy groups -OCH3 is 2. The second-order valence-corrected chi connectivity index (χ2v) is 6.35. The second kappa shape index (κ2) is 6.93. The highest BCUT2D eigenvalue weighted by Crippen LogP contribution is 2.34. The van der Waals surface area contributed by atoms with Crippen molar-refractivity contribution in [1.29, 1.82) is 0 Å². The minimum atomic E-state index is -0.584. The average molecular weight is 383 g/mol. The van der Waals surface area contributed by atoms with E-state index in [4.69, 9.17) is 21.1 Å². The van der Waals surface area contributed by atoms with E-state index in [2.05, 4.69) is 5.10 Å². The number of aromatic nitrogens is 2. The van der Waals surface area contributed by atoms with Gasteiger partial charge in [0.1, 0.15) is 5.75 Å². The Bertz CT molecular complexity index is 1120. The summed E-state index contributed by atoms with van der Waals surface area (Å²) in [6.07, 6.45) is 1.55. The topological polar surface area (TPSA) is 36.3 Å². The molecular weight excluding hydrogens is 367 g/mol. The number of nitrogens with zero attached hydrogens (tertiary/aromatic N) is 2. The molecule has 1 aromatic heterocycles. The number of halogens is 2. The third kappa shape index (κ3) is 3.00. The first-order chi connectivity index (χ1) is 13.1. The highest BCUT2D eigenvalue weighted by Gasteiger charge is 2.16. The molecule has 0 N–H and O–H groups in total. The van der Waals surface area contributed by atoms with Gasteiger partial charge < -0.3 is 9.47 Å². The van der Waals surface area contributed by atoms with Crippen LogP contribution in [0.15, 0.2) is 60.8 Å². The molecule has 3 aromatic carbocycles. The van der Waals surface area contributed by atoms with Gasteiger partial charge >= 0.3 is 0 Å². The van der Waals surface area contributed by atoms with E-state index in [9.17, 15) is 4.39 Å². The van der Waals surface area contributed by atoms with E-state index >= 15 is 0 Å². The van der Waals surface area contributed by atoms with Crippen LogP contribution >= 0.6 is 11.6 Å². The lowest BCUT2D eigenvalue weighted by Gasteiger charge is -2.09. The zero-order chi connectivity index (χ0) is 19.0. The van der Waals surface area contributed by atoms with Crippen molar-refractivity contribution in [2.75, 3.05) is 14.2 Å². The van der Waals surface area contributed by atoms with Gasteiger partial charge in [-0.3, -0.25) is 0 Å². The zero-order valence-corrected chi connectivity index (χ0v) is 15.5. The Balaban J connectivity index is 1.77. The molecule has 4 rings (SSSR count). The van der Waals surface area contributed by atoms with Gasteiger partial charge in [-0.2, -0.15) is 5.10 Å². The second-order valence-electron chi connectivity index (χ2n) is 5.97. The standard InChI is InChI=1S/C21H16ClFN2O2/c1-26-16-5-3-4-14(10-16)13-6-8-15(9-7-13)25-18-11-19(27-2)21(23)20(22)17(18)12-24-25/h3-12H,1-2H3. The highest BCUT2D eigenvalue weighted by atomic mass is 35.5. The van der Waals surface area contributed by atoms with Gasteiger partial charge in [0.2, 0.25) is 0 Å². The summed E-state index contributed by atoms with van der Waals surface area (Å²) in [5.74, 6) is 0.306. The van der Waals surface area contributed by atoms with Crippen molar-refractivity contribution in [2.45, 2.75) is 0 Å². The lowest BCUT2D eigenvalue weighted by Crippen LogP contribution is -1.97. The molecular formula is C21H16ClFN2O2. The molecule has 0 saturated heterocycles. The van der Waals surface area contributed by atoms with Crippen LogP contribution in [-0.4, -0.2) is 24.0 Å². The quantitative estimate of drug-likeness (QED) is 0.467. The molecule has 4 nitrogen and oxygen atoms in total. The monoisotopic (exact) mass is 382 g/mol. The normalized spacial score (nSPS) is 11.0. The minimum Gasteiger partial charge on any atom is -0.497 e. The Morgan fingerprint density at radius 1 is 0.963 bits per heavy atom. The number of rotatable bonds is 4. The van der Waals surface area contributed by atoms with Gasteiger partial charge in [0, 0.05) is 11.5 Å². The van der Waals surface area contributed by atoms with Crippen LogP contribution in [0.5, 0.6) is 11.5 Å². The van der Waals surface area contributed by atoms with Crippen molar-refractivity contribution in [2.24, 2.45) is 0 Å². The van der Waals surface area contributed by atoms with Crippen LogP contribution in [0.1, 0.15) is 0 Å². The van der Waals surface area contributed by atoms with E-state index in [1.54, 1.807) is 24.1 Å². The van der Waals surface area contributed by atoms with Crippen molar-refractivity contribution >= 4 is 22.5 Å². The van der Waals surface area contributed by atoms with Crippen LogP contribution in [0.3, 0.4) is 0 Å². The zero-order valence-electron chi connectivity index (χ0n) is 14.7. The molecule has 0 radical (unpaired) electrons. The third-order valence-corrected chi connectivity index (χ3v) is 4.82. The molecule has 136 valence electrons. The SMILES string of the molecule is COc1cccc(-c2ccc(-n3ncc4c(Cl)c(F)c(OC)cc43)cc2)c1. The van der Waals surface area contributed by atoms with Crippen LogP contribution in [0, 0.1) is 5.82 Å². The van der Waals surface area contributed by atoms with Crippen LogP contribution < -0.4 is 9.47 Å². The van der Waals surface area contributed by atoms with E-state index in [0.717, 1.165) is 22.6 Å². The number of benzene rings is 3. The fourth-order valence-corrected chi connectivity index (χ4v) is 3.27. The van der Waals surface area contributed by atoms with Crippen molar-refractivity contribution in [3.05, 3.63) is 71.6 Å². The summed E-state index contributed by atoms with van der Waals surface area (Å²) < 4.78 is 26.2. The van der Waals surface area contributed by atoms with Gasteiger partial charge in [-0.05, 0) is 35.4 Å². The lowest BCUT2D eigenvalue weighted by molar-refractivity contribution is 0.387. The summed E-state index contributed by atoms with van der Waals surface area (Å²) in [7, 11) is 3.05. The number of hydrogen-bond donors (Lipinski definition) is 0. The molecule has 1 heterocycles. The molecule has 0 atom stereocenters. The summed E-state index contributed by atoms with van der Waals surface area (Å²) in [4.78, 5) is 0. The van der Waals surface area contributed by atoms with Crippen LogP contribution in [-0.2, 0) is 0 Å². The summed E-state index contributed by atoms with van der Waals surface area (Å²) in [5.41, 5.74) is 3.61. The molecule has 0 unspecified atom stereocenters. The van der Waals surface area contributed by atoms with Crippen molar-refractivity contribution in [3.8, 4) is 28.3 Å². The van der Waals surface area contributed by atoms with E-state index < -0.39 is 5.82 Å². The van der Waals surface area contributed by atoms with Gasteiger partial charge in [0.25, 0.3) is 0 Å². The van der Waals surface area contributed by atoms with Crippen molar-refractivity contribution < 1.29 is 13.9 Å². The number of fused-ring (bicyclic) bond motifs is 1. The van der Waals surface area contributed by atoms with Gasteiger partial charge in [-0.25, -0.2) is 9.07 Å². The first-order valence-electron chi connectivity index (χ1n) is 8.27. The molecule has 0 aliphatic carbocycles. The predicted octanol–water partition coefficient (Wildman–Crippen LogP) is 5.50. The fourth-order valence-electron chi connectivity index (χ4n) is 3.03. The molecule has 0 saturated carbocycles. The van der Waals surface area contributed by atoms with Crippen molar-refractivity contribution in [3.63, 3.8) is 0 Å². The van der Waals surface area contributed by atoms with Crippen LogP contribution in [0.25, 0.3) is 27.7 Å². The molecule has 27 heavy (non-hydrogen) atoms. The Morgan fingerprint density at radius 3 is 2.44 bits per heavy atom. The number of hydrogen-bond acceptors (Lipinski definition) is 3. The summed E-state index contributed by atoms with van der Waals surface area (Å²) >= 11 is 6.12. The van der Waals surface area contributed by atoms with E-state index in [0.29, 0.717) is 10.9 Å². The molecule has 0 fully saturated rings. The maximum absolute atomic E-state index is 14.1. The van der Waals surface area contributed by atoms with Gasteiger partial charge in [-0.1, -0.05) is 35.9 Å². The van der Waals surface area contributed by atoms with Crippen molar-refractivity contribution in [1.82, 2.24) is 9.78 Å². The number of ether oxygens (including phenoxy) is 2. The summed E-state index contributed by atoms with van der Waals surface area (Å²) in [6, 6.07) is 17.4. The van der Waals surface area contributed by atoms with E-state index in [1.807, 2.05) is 48.5 Å². The van der Waals surface area contributed by atoms with Crippen LogP contribution in [0.4, 0.5) is 4.39 Å². The average Bonchev–Trinajstić information content (AvgIpc) is 3.14. The smallest absolute Gasteiger partial charge is 0.184 e. The largest absolute Gasteiger partial charge is 0.497 e. The molecule has 0 aliphatic rings. The van der Waals surface area contributed by atoms with Gasteiger partial charge in [0.05, 0.1) is 36.6 Å². The Morgan fingerprint density at radius 2 is 1.74 bits per heavy atom. The third-order valence-electron chi connectivity index (χ3n) is 4.45. The minimum absolute atomic E-state index is 0.00333. The molecule has 0 amide bonds. The first kappa shape index (κ1) is 17.4. The first-order valence-corrected chi connectivity index (χ1v) is 8.64. The van der Waals surface area contributed by atoms with E-state index in [1.165, 1.54) is 7.11 Å². The molecule has 0 bridgehead atoms. The molecule has 4 aromatic rings. The van der Waals surface area contributed by atoms with E-state index in [-0.39, 0.29) is 10.8 Å². The Hall–Kier alpha value is -3.05. The molecule has 0 aliphatic heterocycles.